The molecule has 0 aliphatic heterocycles. The summed E-state index contributed by atoms with van der Waals surface area (Å²) in [5.41, 5.74) is 11.5. The first-order valence-electron chi connectivity index (χ1n) is 17.5. The zero-order chi connectivity index (χ0) is 36.5. The third-order valence-corrected chi connectivity index (χ3v) is 8.40. The number of benzene rings is 6. The molecule has 0 fully saturated rings. The number of hydrogen-bond acceptors (Lipinski definition) is 1. The van der Waals surface area contributed by atoms with Crippen LogP contribution in [0, 0.1) is 19.8 Å². The lowest BCUT2D eigenvalue weighted by atomic mass is 9.85. The molecule has 50 heavy (non-hydrogen) atoms. The van der Waals surface area contributed by atoms with E-state index in [0.717, 1.165) is 29.0 Å². The summed E-state index contributed by atoms with van der Waals surface area (Å²) in [5, 5.41) is 5.05. The van der Waals surface area contributed by atoms with Gasteiger partial charge in [-0.25, -0.2) is 0 Å². The predicted octanol–water partition coefficient (Wildman–Crippen LogP) is 14.3. The minimum atomic E-state index is 0.766. The highest BCUT2D eigenvalue weighted by atomic mass is 14.7. The third-order valence-electron chi connectivity index (χ3n) is 8.40. The maximum Gasteiger partial charge on any atom is 0.0633 e. The maximum atomic E-state index is 4.79. The largest absolute Gasteiger partial charge is 0.253 e. The highest BCUT2D eigenvalue weighted by Gasteiger charge is 2.16. The summed E-state index contributed by atoms with van der Waals surface area (Å²) in [5.74, 6) is 0. The molecule has 0 saturated heterocycles. The molecule has 0 aliphatic rings. The summed E-state index contributed by atoms with van der Waals surface area (Å²) in [6.07, 6.45) is 15.5. The van der Waals surface area contributed by atoms with Gasteiger partial charge in [0.1, 0.15) is 0 Å². The molecule has 0 atom stereocenters. The molecule has 6 rings (SSSR count). The minimum absolute atomic E-state index is 0.766. The Morgan fingerprint density at radius 2 is 1.14 bits per heavy atom. The van der Waals surface area contributed by atoms with Gasteiger partial charge in [-0.1, -0.05) is 184 Å². The Hall–Kier alpha value is -5.71. The molecular formula is C49H51N. The zero-order valence-corrected chi connectivity index (χ0v) is 30.9. The van der Waals surface area contributed by atoms with Crippen molar-refractivity contribution in [2.24, 2.45) is 4.99 Å². The second kappa shape index (κ2) is 20.0. The van der Waals surface area contributed by atoms with E-state index in [1.807, 2.05) is 45.9 Å². The number of terminal acetylenes is 1. The molecule has 0 radical (unpaired) electrons. The lowest BCUT2D eigenvalue weighted by Gasteiger charge is -2.18. The quantitative estimate of drug-likeness (QED) is 0.0704. The van der Waals surface area contributed by atoms with Crippen molar-refractivity contribution in [1.29, 1.82) is 0 Å². The summed E-state index contributed by atoms with van der Waals surface area (Å²) < 4.78 is 0. The number of aliphatic imine (C=N–C) groups is 1. The van der Waals surface area contributed by atoms with E-state index in [4.69, 9.17) is 4.99 Å². The van der Waals surface area contributed by atoms with Crippen LogP contribution in [0.25, 0.3) is 49.5 Å². The molecule has 0 heterocycles. The molecule has 1 nitrogen and oxygen atoms in total. The van der Waals surface area contributed by atoms with Gasteiger partial charge in [-0.05, 0) is 89.0 Å². The van der Waals surface area contributed by atoms with E-state index in [0.29, 0.717) is 0 Å². The summed E-state index contributed by atoms with van der Waals surface area (Å²) in [6, 6.07) is 45.3. The second-order valence-electron chi connectivity index (χ2n) is 11.5. The van der Waals surface area contributed by atoms with Gasteiger partial charge in [-0.3, -0.25) is 4.99 Å². The molecule has 6 aromatic carbocycles. The minimum Gasteiger partial charge on any atom is -0.253 e. The van der Waals surface area contributed by atoms with E-state index in [2.05, 4.69) is 168 Å². The van der Waals surface area contributed by atoms with Gasteiger partial charge in [-0.15, -0.1) is 12.8 Å². The molecule has 1 heteroatoms. The molecule has 0 saturated carbocycles. The monoisotopic (exact) mass is 653 g/mol. The van der Waals surface area contributed by atoms with Crippen LogP contribution in [0.2, 0.25) is 0 Å². The Balaban J connectivity index is 0.000000493. The molecular weight excluding hydrogens is 603 g/mol. The van der Waals surface area contributed by atoms with Gasteiger partial charge in [0.2, 0.25) is 0 Å². The van der Waals surface area contributed by atoms with Crippen molar-refractivity contribution in [3.63, 3.8) is 0 Å². The fraction of sp³-hybridized carbons (Fsp3) is 0.163. The van der Waals surface area contributed by atoms with Crippen LogP contribution in [0.1, 0.15) is 64.7 Å². The second-order valence-corrected chi connectivity index (χ2v) is 11.5. The SMILES string of the molecule is C#C.C/C=C\C(=C/C)CC.C=C(N=C(C)c1ccccc1)c1ccc(-c2c3ccccc3c(-c3cccc(C)c3)c3ccccc23)cc1.CC. The number of rotatable bonds is 7. The van der Waals surface area contributed by atoms with Crippen molar-refractivity contribution in [2.45, 2.75) is 54.9 Å². The fourth-order valence-electron chi connectivity index (χ4n) is 6.02. The van der Waals surface area contributed by atoms with Gasteiger partial charge in [0.05, 0.1) is 5.70 Å². The summed E-state index contributed by atoms with van der Waals surface area (Å²) in [4.78, 5) is 4.79. The number of hydrogen-bond donors (Lipinski definition) is 0. The van der Waals surface area contributed by atoms with Crippen LogP contribution >= 0.6 is 0 Å². The van der Waals surface area contributed by atoms with Crippen LogP contribution in [0.5, 0.6) is 0 Å². The first-order chi connectivity index (χ1) is 24.4. The first-order valence-corrected chi connectivity index (χ1v) is 17.5. The summed E-state index contributed by atoms with van der Waals surface area (Å²) >= 11 is 0. The first kappa shape index (κ1) is 38.7. The number of aryl methyl sites for hydroxylation is 1. The zero-order valence-electron chi connectivity index (χ0n) is 30.9. The van der Waals surface area contributed by atoms with Crippen LogP contribution < -0.4 is 0 Å². The Morgan fingerprint density at radius 3 is 1.58 bits per heavy atom. The van der Waals surface area contributed by atoms with Crippen molar-refractivity contribution >= 4 is 33.0 Å². The van der Waals surface area contributed by atoms with Crippen molar-refractivity contribution in [3.8, 4) is 35.1 Å². The number of allylic oxidation sites excluding steroid dienone is 4. The molecule has 6 aromatic rings. The summed E-state index contributed by atoms with van der Waals surface area (Å²) in [7, 11) is 0. The van der Waals surface area contributed by atoms with E-state index < -0.39 is 0 Å². The third kappa shape index (κ3) is 9.46. The van der Waals surface area contributed by atoms with Gasteiger partial charge in [0.15, 0.2) is 0 Å². The van der Waals surface area contributed by atoms with Crippen molar-refractivity contribution < 1.29 is 0 Å². The molecule has 0 N–H and O–H groups in total. The normalized spacial score (nSPS) is 11.1. The standard InChI is InChI=1S/C37H29N.C8H14.C2H6.C2H2/c1-25-12-11-15-31(24-25)37-34-18-9-7-16-32(34)36(33-17-8-10-19-35(33)37)30-22-20-29(21-23-30)27(3)38-26(2)28-13-5-4-6-14-28;1-4-7-8(5-2)6-3;2*1-2/h4-24H,3H2,1-2H3;4-5,7H,6H2,1-3H3;1-2H3;1-2H/b;7-4-,8-5-;;. The average Bonchev–Trinajstić information content (AvgIpc) is 3.18. The van der Waals surface area contributed by atoms with Crippen molar-refractivity contribution in [3.05, 3.63) is 174 Å². The topological polar surface area (TPSA) is 12.4 Å². The van der Waals surface area contributed by atoms with E-state index in [9.17, 15) is 0 Å². The smallest absolute Gasteiger partial charge is 0.0633 e. The van der Waals surface area contributed by atoms with Gasteiger partial charge in [0.25, 0.3) is 0 Å². The maximum absolute atomic E-state index is 4.79. The molecule has 252 valence electrons. The van der Waals surface area contributed by atoms with Crippen LogP contribution in [-0.4, -0.2) is 5.71 Å². The molecule has 0 bridgehead atoms. The van der Waals surface area contributed by atoms with Gasteiger partial charge in [-0.2, -0.15) is 0 Å². The van der Waals surface area contributed by atoms with Crippen LogP contribution in [0.3, 0.4) is 0 Å². The van der Waals surface area contributed by atoms with E-state index in [-0.39, 0.29) is 0 Å². The van der Waals surface area contributed by atoms with E-state index in [1.165, 1.54) is 54.9 Å². The Kier molecular flexibility index (Phi) is 15.5. The van der Waals surface area contributed by atoms with E-state index >= 15 is 0 Å². The van der Waals surface area contributed by atoms with E-state index in [1.54, 1.807) is 0 Å². The van der Waals surface area contributed by atoms with Crippen LogP contribution in [0.15, 0.2) is 163 Å². The average molecular weight is 654 g/mol. The van der Waals surface area contributed by atoms with Crippen LogP contribution in [0.4, 0.5) is 0 Å². The van der Waals surface area contributed by atoms with Crippen molar-refractivity contribution in [2.75, 3.05) is 0 Å². The van der Waals surface area contributed by atoms with Gasteiger partial charge >= 0.3 is 0 Å². The molecule has 0 aliphatic carbocycles. The lowest BCUT2D eigenvalue weighted by molar-refractivity contribution is 1.14. The summed E-state index contributed by atoms with van der Waals surface area (Å²) in [6.45, 7) is 18.7. The Labute approximate surface area is 301 Å². The Bertz CT molecular complexity index is 2040. The van der Waals surface area contributed by atoms with Crippen molar-refractivity contribution in [1.82, 2.24) is 0 Å². The van der Waals surface area contributed by atoms with Crippen LogP contribution in [-0.2, 0) is 0 Å². The van der Waals surface area contributed by atoms with Gasteiger partial charge < -0.3 is 0 Å². The molecule has 0 amide bonds. The number of fused-ring (bicyclic) bond motifs is 2. The highest BCUT2D eigenvalue weighted by Crippen LogP contribution is 2.43. The molecule has 0 aromatic heterocycles. The Morgan fingerprint density at radius 1 is 0.640 bits per heavy atom. The highest BCUT2D eigenvalue weighted by molar-refractivity contribution is 6.21. The number of nitrogens with zero attached hydrogens (tertiary/aromatic N) is 1. The van der Waals surface area contributed by atoms with Gasteiger partial charge in [0, 0.05) is 5.71 Å². The predicted molar refractivity (Wildman–Crippen MR) is 225 cm³/mol. The lowest BCUT2D eigenvalue weighted by Crippen LogP contribution is -1.95. The fourth-order valence-corrected chi connectivity index (χ4v) is 6.02. The molecule has 0 spiro atoms. The molecule has 0 unspecified atom stereocenters.